The molecular formula is C25H24ClN3O5S2. The van der Waals surface area contributed by atoms with Crippen LogP contribution in [0, 0.1) is 0 Å². The first-order valence-corrected chi connectivity index (χ1v) is 13.9. The van der Waals surface area contributed by atoms with Gasteiger partial charge < -0.3 is 9.47 Å². The molecule has 1 amide bonds. The van der Waals surface area contributed by atoms with E-state index in [1.807, 2.05) is 12.1 Å². The summed E-state index contributed by atoms with van der Waals surface area (Å²) in [6, 6.07) is 13.3. The molecule has 0 radical (unpaired) electrons. The summed E-state index contributed by atoms with van der Waals surface area (Å²) in [5, 5.41) is 0.965. The molecule has 2 heterocycles. The Balaban J connectivity index is 1.55. The second-order valence-corrected chi connectivity index (χ2v) is 11.4. The molecule has 0 aliphatic heterocycles. The topological polar surface area (TPSA) is 98.7 Å². The van der Waals surface area contributed by atoms with Crippen LogP contribution < -0.4 is 14.4 Å². The number of hydrogen-bond donors (Lipinski definition) is 0. The minimum Gasteiger partial charge on any atom is -0.497 e. The molecular weight excluding hydrogens is 522 g/mol. The molecule has 2 aromatic carbocycles. The molecule has 4 rings (SSSR count). The molecule has 0 aliphatic rings. The number of nitrogens with zero attached hydrogens (tertiary/aromatic N) is 3. The summed E-state index contributed by atoms with van der Waals surface area (Å²) < 4.78 is 36.7. The Morgan fingerprint density at radius 1 is 1.03 bits per heavy atom. The van der Waals surface area contributed by atoms with Gasteiger partial charge in [0, 0.05) is 18.8 Å². The first-order valence-electron chi connectivity index (χ1n) is 11.0. The number of sulfone groups is 1. The molecule has 8 nitrogen and oxygen atoms in total. The molecule has 188 valence electrons. The number of anilines is 1. The van der Waals surface area contributed by atoms with Gasteiger partial charge in [-0.3, -0.25) is 14.7 Å². The van der Waals surface area contributed by atoms with Gasteiger partial charge in [-0.2, -0.15) is 0 Å². The molecule has 11 heteroatoms. The highest BCUT2D eigenvalue weighted by molar-refractivity contribution is 7.91. The standard InChI is InChI=1S/C25H24ClN3O5S2/c1-33-18-5-7-19(8-6-18)36(31,32)15-3-4-22(30)29(16-17-11-13-27-14-12-17)25-28-23-21(34-2)10-9-20(26)24(23)35-25/h5-14H,3-4,15-16H2,1-2H3. The number of carbonyl (C=O) groups is 1. The Hall–Kier alpha value is -3.21. The average Bonchev–Trinajstić information content (AvgIpc) is 3.34. The number of rotatable bonds is 10. The summed E-state index contributed by atoms with van der Waals surface area (Å²) in [5.41, 5.74) is 1.43. The average molecular weight is 546 g/mol. The largest absolute Gasteiger partial charge is 0.497 e. The summed E-state index contributed by atoms with van der Waals surface area (Å²) in [7, 11) is -0.484. The van der Waals surface area contributed by atoms with E-state index >= 15 is 0 Å². The van der Waals surface area contributed by atoms with Crippen LogP contribution in [0.3, 0.4) is 0 Å². The number of ether oxygens (including phenoxy) is 2. The lowest BCUT2D eigenvalue weighted by Gasteiger charge is -2.20. The fraction of sp³-hybridized carbons (Fsp3) is 0.240. The molecule has 0 unspecified atom stereocenters. The molecule has 0 spiro atoms. The van der Waals surface area contributed by atoms with E-state index in [4.69, 9.17) is 21.1 Å². The Bertz CT molecular complexity index is 1460. The molecule has 0 fully saturated rings. The number of methoxy groups -OCH3 is 2. The van der Waals surface area contributed by atoms with E-state index in [-0.39, 0.29) is 35.9 Å². The number of amides is 1. The van der Waals surface area contributed by atoms with Gasteiger partial charge in [0.1, 0.15) is 17.0 Å². The summed E-state index contributed by atoms with van der Waals surface area (Å²) in [5.74, 6) is 0.723. The van der Waals surface area contributed by atoms with E-state index in [0.29, 0.717) is 31.9 Å². The van der Waals surface area contributed by atoms with Crippen molar-refractivity contribution in [2.45, 2.75) is 24.3 Å². The van der Waals surface area contributed by atoms with Gasteiger partial charge in [0.25, 0.3) is 0 Å². The third kappa shape index (κ3) is 5.77. The van der Waals surface area contributed by atoms with Crippen LogP contribution in [0.25, 0.3) is 10.2 Å². The normalized spacial score (nSPS) is 11.4. The molecule has 0 N–H and O–H groups in total. The number of benzene rings is 2. The number of aromatic nitrogens is 2. The summed E-state index contributed by atoms with van der Waals surface area (Å²) in [6.07, 6.45) is 3.49. The van der Waals surface area contributed by atoms with Gasteiger partial charge >= 0.3 is 0 Å². The van der Waals surface area contributed by atoms with Crippen LogP contribution >= 0.6 is 22.9 Å². The minimum atomic E-state index is -3.55. The maximum Gasteiger partial charge on any atom is 0.229 e. The zero-order valence-electron chi connectivity index (χ0n) is 19.7. The monoisotopic (exact) mass is 545 g/mol. The predicted octanol–water partition coefficient (Wildman–Crippen LogP) is 5.15. The Morgan fingerprint density at radius 2 is 1.75 bits per heavy atom. The van der Waals surface area contributed by atoms with Crippen molar-refractivity contribution in [2.24, 2.45) is 0 Å². The first-order chi connectivity index (χ1) is 17.3. The molecule has 0 bridgehead atoms. The smallest absolute Gasteiger partial charge is 0.229 e. The molecule has 0 aliphatic carbocycles. The number of fused-ring (bicyclic) bond motifs is 1. The number of thiazole rings is 1. The van der Waals surface area contributed by atoms with E-state index in [2.05, 4.69) is 9.97 Å². The van der Waals surface area contributed by atoms with E-state index < -0.39 is 9.84 Å². The van der Waals surface area contributed by atoms with E-state index in [9.17, 15) is 13.2 Å². The zero-order valence-corrected chi connectivity index (χ0v) is 22.1. The fourth-order valence-electron chi connectivity index (χ4n) is 3.60. The molecule has 0 saturated carbocycles. The zero-order chi connectivity index (χ0) is 25.7. The van der Waals surface area contributed by atoms with Gasteiger partial charge in [0.2, 0.25) is 5.91 Å². The third-order valence-corrected chi connectivity index (χ3v) is 8.87. The van der Waals surface area contributed by atoms with Crippen molar-refractivity contribution in [3.63, 3.8) is 0 Å². The Morgan fingerprint density at radius 3 is 2.42 bits per heavy atom. The van der Waals surface area contributed by atoms with Crippen LogP contribution in [0.4, 0.5) is 5.13 Å². The maximum atomic E-state index is 13.4. The summed E-state index contributed by atoms with van der Waals surface area (Å²) in [6.45, 7) is 0.256. The molecule has 2 aromatic heterocycles. The minimum absolute atomic E-state index is 0.0290. The van der Waals surface area contributed by atoms with Crippen LogP contribution in [-0.4, -0.2) is 44.3 Å². The SMILES string of the molecule is COc1ccc(S(=O)(=O)CCCC(=O)N(Cc2ccncc2)c2nc3c(OC)ccc(Cl)c3s2)cc1. The predicted molar refractivity (Wildman–Crippen MR) is 141 cm³/mol. The summed E-state index contributed by atoms with van der Waals surface area (Å²) >= 11 is 7.67. The molecule has 4 aromatic rings. The number of pyridine rings is 1. The number of carbonyl (C=O) groups excluding carboxylic acids is 1. The van der Waals surface area contributed by atoms with E-state index in [1.54, 1.807) is 48.7 Å². The van der Waals surface area contributed by atoms with Gasteiger partial charge in [-0.25, -0.2) is 13.4 Å². The second-order valence-electron chi connectivity index (χ2n) is 7.86. The van der Waals surface area contributed by atoms with Gasteiger partial charge in [-0.05, 0) is 60.5 Å². The van der Waals surface area contributed by atoms with Gasteiger partial charge in [0.15, 0.2) is 15.0 Å². The Kier molecular flexibility index (Phi) is 8.07. The number of hydrogen-bond acceptors (Lipinski definition) is 8. The molecule has 0 atom stereocenters. The van der Waals surface area contributed by atoms with Crippen LogP contribution in [0.1, 0.15) is 18.4 Å². The van der Waals surface area contributed by atoms with Crippen molar-refractivity contribution in [1.82, 2.24) is 9.97 Å². The van der Waals surface area contributed by atoms with Crippen molar-refractivity contribution in [2.75, 3.05) is 24.9 Å². The molecule has 36 heavy (non-hydrogen) atoms. The van der Waals surface area contributed by atoms with Crippen molar-refractivity contribution in [1.29, 1.82) is 0 Å². The quantitative estimate of drug-likeness (QED) is 0.272. The molecule has 0 saturated heterocycles. The van der Waals surface area contributed by atoms with Crippen LogP contribution in [0.15, 0.2) is 65.8 Å². The number of halogens is 1. The fourth-order valence-corrected chi connectivity index (χ4v) is 6.19. The van der Waals surface area contributed by atoms with Crippen LogP contribution in [0.2, 0.25) is 5.02 Å². The summed E-state index contributed by atoms with van der Waals surface area (Å²) in [4.78, 5) is 23.8. The lowest BCUT2D eigenvalue weighted by Crippen LogP contribution is -2.30. The highest BCUT2D eigenvalue weighted by Crippen LogP contribution is 2.39. The highest BCUT2D eigenvalue weighted by Gasteiger charge is 2.23. The second kappa shape index (κ2) is 11.2. The van der Waals surface area contributed by atoms with Crippen molar-refractivity contribution >= 4 is 54.0 Å². The lowest BCUT2D eigenvalue weighted by atomic mass is 10.2. The van der Waals surface area contributed by atoms with Crippen molar-refractivity contribution in [3.8, 4) is 11.5 Å². The third-order valence-electron chi connectivity index (χ3n) is 5.51. The van der Waals surface area contributed by atoms with Crippen molar-refractivity contribution in [3.05, 3.63) is 71.5 Å². The van der Waals surface area contributed by atoms with Crippen molar-refractivity contribution < 1.29 is 22.7 Å². The van der Waals surface area contributed by atoms with E-state index in [0.717, 1.165) is 5.56 Å². The van der Waals surface area contributed by atoms with Gasteiger partial charge in [-0.1, -0.05) is 22.9 Å². The van der Waals surface area contributed by atoms with Crippen LogP contribution in [-0.2, 0) is 21.2 Å². The van der Waals surface area contributed by atoms with E-state index in [1.165, 1.54) is 30.6 Å². The van der Waals surface area contributed by atoms with Gasteiger partial charge in [-0.15, -0.1) is 0 Å². The van der Waals surface area contributed by atoms with Gasteiger partial charge in [0.05, 0.1) is 41.1 Å². The first kappa shape index (κ1) is 25.9. The Labute approximate surface area is 218 Å². The highest BCUT2D eigenvalue weighted by atomic mass is 35.5. The van der Waals surface area contributed by atoms with Crippen LogP contribution in [0.5, 0.6) is 11.5 Å². The lowest BCUT2D eigenvalue weighted by molar-refractivity contribution is -0.118. The maximum absolute atomic E-state index is 13.4.